The maximum absolute atomic E-state index is 11.3. The lowest BCUT2D eigenvalue weighted by atomic mass is 10.2. The number of hydrogen-bond acceptors (Lipinski definition) is 5. The number of nitrogens with zero attached hydrogens (tertiary/aromatic N) is 1. The van der Waals surface area contributed by atoms with E-state index in [9.17, 15) is 4.79 Å². The first-order valence-corrected chi connectivity index (χ1v) is 7.44. The predicted molar refractivity (Wildman–Crippen MR) is 76.3 cm³/mol. The minimum Gasteiger partial charge on any atom is -0.465 e. The van der Waals surface area contributed by atoms with Crippen molar-refractivity contribution in [3.05, 3.63) is 23.9 Å². The SMILES string of the molecule is COC(=O)c1ccnc(NCCCCCSC)c1. The van der Waals surface area contributed by atoms with Crippen LogP contribution >= 0.6 is 11.8 Å². The van der Waals surface area contributed by atoms with E-state index < -0.39 is 0 Å². The lowest BCUT2D eigenvalue weighted by molar-refractivity contribution is 0.0600. The fourth-order valence-electron chi connectivity index (χ4n) is 1.54. The number of pyridine rings is 1. The Morgan fingerprint density at radius 2 is 2.28 bits per heavy atom. The van der Waals surface area contributed by atoms with E-state index in [0.29, 0.717) is 5.56 Å². The Kier molecular flexibility index (Phi) is 7.25. The number of anilines is 1. The molecule has 1 rings (SSSR count). The molecule has 0 saturated carbocycles. The van der Waals surface area contributed by atoms with Gasteiger partial charge >= 0.3 is 5.97 Å². The van der Waals surface area contributed by atoms with Gasteiger partial charge in [-0.05, 0) is 37.0 Å². The van der Waals surface area contributed by atoms with E-state index in [0.717, 1.165) is 18.8 Å². The van der Waals surface area contributed by atoms with Crippen molar-refractivity contribution in [3.8, 4) is 0 Å². The molecule has 0 aromatic carbocycles. The molecule has 4 nitrogen and oxygen atoms in total. The second-order valence-corrected chi connectivity index (χ2v) is 4.89. The highest BCUT2D eigenvalue weighted by atomic mass is 32.2. The number of aromatic nitrogens is 1. The molecule has 0 aliphatic heterocycles. The van der Waals surface area contributed by atoms with Crippen LogP contribution in [0.5, 0.6) is 0 Å². The smallest absolute Gasteiger partial charge is 0.338 e. The molecule has 18 heavy (non-hydrogen) atoms. The van der Waals surface area contributed by atoms with Gasteiger partial charge in [-0.2, -0.15) is 11.8 Å². The van der Waals surface area contributed by atoms with Crippen molar-refractivity contribution in [2.75, 3.05) is 31.0 Å². The van der Waals surface area contributed by atoms with Crippen molar-refractivity contribution in [2.45, 2.75) is 19.3 Å². The van der Waals surface area contributed by atoms with Gasteiger partial charge in [0.15, 0.2) is 0 Å². The zero-order valence-corrected chi connectivity index (χ0v) is 11.8. The van der Waals surface area contributed by atoms with Gasteiger partial charge in [-0.25, -0.2) is 9.78 Å². The Balaban J connectivity index is 2.32. The number of unbranched alkanes of at least 4 members (excludes halogenated alkanes) is 2. The Hall–Kier alpha value is -1.23. The molecule has 0 aliphatic rings. The van der Waals surface area contributed by atoms with Gasteiger partial charge in [-0.15, -0.1) is 0 Å². The summed E-state index contributed by atoms with van der Waals surface area (Å²) in [5.41, 5.74) is 0.525. The van der Waals surface area contributed by atoms with Gasteiger partial charge in [0.25, 0.3) is 0 Å². The van der Waals surface area contributed by atoms with Crippen LogP contribution in [0, 0.1) is 0 Å². The van der Waals surface area contributed by atoms with E-state index in [2.05, 4.69) is 21.3 Å². The van der Waals surface area contributed by atoms with Crippen molar-refractivity contribution in [2.24, 2.45) is 0 Å². The first-order valence-electron chi connectivity index (χ1n) is 6.05. The molecule has 1 N–H and O–H groups in total. The summed E-state index contributed by atoms with van der Waals surface area (Å²) in [6, 6.07) is 3.36. The van der Waals surface area contributed by atoms with Crippen LogP contribution in [-0.4, -0.2) is 36.6 Å². The Labute approximate surface area is 113 Å². The van der Waals surface area contributed by atoms with Crippen LogP contribution in [0.3, 0.4) is 0 Å². The molecular formula is C13H20N2O2S. The molecular weight excluding hydrogens is 248 g/mol. The molecule has 0 atom stereocenters. The summed E-state index contributed by atoms with van der Waals surface area (Å²) in [5, 5.41) is 3.22. The number of ether oxygens (including phenoxy) is 1. The number of thioether (sulfide) groups is 1. The molecule has 1 heterocycles. The number of esters is 1. The summed E-state index contributed by atoms with van der Waals surface area (Å²) in [4.78, 5) is 15.5. The van der Waals surface area contributed by atoms with E-state index in [-0.39, 0.29) is 5.97 Å². The monoisotopic (exact) mass is 268 g/mol. The van der Waals surface area contributed by atoms with Crippen LogP contribution in [0.4, 0.5) is 5.82 Å². The summed E-state index contributed by atoms with van der Waals surface area (Å²) in [6.45, 7) is 0.881. The molecule has 100 valence electrons. The second kappa shape index (κ2) is 8.80. The lowest BCUT2D eigenvalue weighted by Crippen LogP contribution is -2.06. The van der Waals surface area contributed by atoms with E-state index in [4.69, 9.17) is 0 Å². The van der Waals surface area contributed by atoms with Crippen LogP contribution in [0.1, 0.15) is 29.6 Å². The highest BCUT2D eigenvalue weighted by Crippen LogP contribution is 2.09. The minimum absolute atomic E-state index is 0.333. The van der Waals surface area contributed by atoms with Crippen molar-refractivity contribution >= 4 is 23.5 Å². The molecule has 0 saturated heterocycles. The molecule has 1 aromatic heterocycles. The van der Waals surface area contributed by atoms with Crippen LogP contribution in [-0.2, 0) is 4.74 Å². The minimum atomic E-state index is -0.333. The third-order valence-electron chi connectivity index (χ3n) is 2.51. The van der Waals surface area contributed by atoms with Gasteiger partial charge < -0.3 is 10.1 Å². The predicted octanol–water partition coefficient (Wildman–Crippen LogP) is 2.81. The van der Waals surface area contributed by atoms with Crippen LogP contribution in [0.15, 0.2) is 18.3 Å². The summed E-state index contributed by atoms with van der Waals surface area (Å²) in [7, 11) is 1.38. The standard InChI is InChI=1S/C13H20N2O2S/c1-17-13(16)11-6-8-15-12(10-11)14-7-4-3-5-9-18-2/h6,8,10H,3-5,7,9H2,1-2H3,(H,14,15). The van der Waals surface area contributed by atoms with Gasteiger partial charge in [0.05, 0.1) is 12.7 Å². The summed E-state index contributed by atoms with van der Waals surface area (Å²) < 4.78 is 4.66. The molecule has 5 heteroatoms. The Morgan fingerprint density at radius 1 is 1.44 bits per heavy atom. The van der Waals surface area contributed by atoms with Crippen molar-refractivity contribution in [1.82, 2.24) is 4.98 Å². The number of carbonyl (C=O) groups excluding carboxylic acids is 1. The molecule has 0 radical (unpaired) electrons. The second-order valence-electron chi connectivity index (χ2n) is 3.90. The van der Waals surface area contributed by atoms with Crippen LogP contribution in [0.25, 0.3) is 0 Å². The molecule has 0 unspecified atom stereocenters. The van der Waals surface area contributed by atoms with E-state index in [1.165, 1.54) is 25.7 Å². The quantitative estimate of drug-likeness (QED) is 0.580. The van der Waals surface area contributed by atoms with E-state index in [1.54, 1.807) is 18.3 Å². The molecule has 0 fully saturated rings. The molecule has 0 bridgehead atoms. The van der Waals surface area contributed by atoms with Crippen LogP contribution < -0.4 is 5.32 Å². The van der Waals surface area contributed by atoms with Gasteiger partial charge in [-0.3, -0.25) is 0 Å². The Bertz CT molecular complexity index is 372. The summed E-state index contributed by atoms with van der Waals surface area (Å²) in [6.07, 6.45) is 7.32. The van der Waals surface area contributed by atoms with Crippen molar-refractivity contribution in [1.29, 1.82) is 0 Å². The number of nitrogens with one attached hydrogen (secondary N) is 1. The fraction of sp³-hybridized carbons (Fsp3) is 0.538. The fourth-order valence-corrected chi connectivity index (χ4v) is 2.03. The molecule has 1 aromatic rings. The maximum atomic E-state index is 11.3. The summed E-state index contributed by atoms with van der Waals surface area (Å²) >= 11 is 1.88. The van der Waals surface area contributed by atoms with E-state index in [1.807, 2.05) is 11.8 Å². The largest absolute Gasteiger partial charge is 0.465 e. The molecule has 0 amide bonds. The maximum Gasteiger partial charge on any atom is 0.338 e. The van der Waals surface area contributed by atoms with Crippen molar-refractivity contribution < 1.29 is 9.53 Å². The molecule has 0 spiro atoms. The number of carbonyl (C=O) groups is 1. The third kappa shape index (κ3) is 5.40. The number of methoxy groups -OCH3 is 1. The van der Waals surface area contributed by atoms with Crippen molar-refractivity contribution in [3.63, 3.8) is 0 Å². The number of hydrogen-bond donors (Lipinski definition) is 1. The highest BCUT2D eigenvalue weighted by molar-refractivity contribution is 7.98. The first kappa shape index (κ1) is 14.8. The lowest BCUT2D eigenvalue weighted by Gasteiger charge is -2.06. The summed E-state index contributed by atoms with van der Waals surface area (Å²) in [5.74, 6) is 1.61. The molecule has 0 aliphatic carbocycles. The average molecular weight is 268 g/mol. The normalized spacial score (nSPS) is 10.1. The van der Waals surface area contributed by atoms with Gasteiger partial charge in [-0.1, -0.05) is 6.42 Å². The van der Waals surface area contributed by atoms with Gasteiger partial charge in [0.1, 0.15) is 5.82 Å². The van der Waals surface area contributed by atoms with Gasteiger partial charge in [0.2, 0.25) is 0 Å². The average Bonchev–Trinajstić information content (AvgIpc) is 2.42. The van der Waals surface area contributed by atoms with Crippen LogP contribution in [0.2, 0.25) is 0 Å². The zero-order chi connectivity index (χ0) is 13.2. The topological polar surface area (TPSA) is 51.2 Å². The number of rotatable bonds is 8. The first-order chi connectivity index (χ1) is 8.77. The van der Waals surface area contributed by atoms with Gasteiger partial charge in [0, 0.05) is 12.7 Å². The van der Waals surface area contributed by atoms with E-state index >= 15 is 0 Å². The zero-order valence-electron chi connectivity index (χ0n) is 10.9. The third-order valence-corrected chi connectivity index (χ3v) is 3.21. The highest BCUT2D eigenvalue weighted by Gasteiger charge is 2.05. The Morgan fingerprint density at radius 3 is 3.00 bits per heavy atom.